The highest BCUT2D eigenvalue weighted by Crippen LogP contribution is 2.42. The first-order chi connectivity index (χ1) is 17.1. The first-order valence-corrected chi connectivity index (χ1v) is 11.6. The predicted molar refractivity (Wildman–Crippen MR) is 140 cm³/mol. The molecule has 8 nitrogen and oxygen atoms in total. The van der Waals surface area contributed by atoms with Crippen LogP contribution in [0.2, 0.25) is 5.02 Å². The van der Waals surface area contributed by atoms with Gasteiger partial charge in [0.2, 0.25) is 0 Å². The fourth-order valence-corrected chi connectivity index (χ4v) is 3.97. The second-order valence-corrected chi connectivity index (χ2v) is 9.14. The third-order valence-corrected chi connectivity index (χ3v) is 6.39. The van der Waals surface area contributed by atoms with E-state index in [1.807, 2.05) is 13.8 Å². The van der Waals surface area contributed by atoms with Crippen molar-refractivity contribution in [2.75, 3.05) is 12.9 Å². The first kappa shape index (κ1) is 29.6. The Morgan fingerprint density at radius 2 is 1.97 bits per heavy atom. The number of nitrogens with zero attached hydrogens (tertiary/aromatic N) is 4. The lowest BCUT2D eigenvalue weighted by Crippen LogP contribution is -2.35. The quantitative estimate of drug-likeness (QED) is 0.161. The average molecular weight is 538 g/mol. The van der Waals surface area contributed by atoms with Crippen LogP contribution in [0.1, 0.15) is 50.6 Å². The molecular formula is C25H31ClF3N7O. The molecule has 6 N–H and O–H groups in total. The zero-order chi connectivity index (χ0) is 28.1. The number of benzene rings is 1. The Bertz CT molecular complexity index is 1330. The molecule has 2 rings (SSSR count). The van der Waals surface area contributed by atoms with Gasteiger partial charge in [0.1, 0.15) is 11.6 Å². The minimum Gasteiger partial charge on any atom is -0.506 e. The van der Waals surface area contributed by atoms with Gasteiger partial charge in [0, 0.05) is 30.2 Å². The molecule has 0 amide bonds. The topological polar surface area (TPSA) is 139 Å². The van der Waals surface area contributed by atoms with Gasteiger partial charge in [-0.2, -0.15) is 13.2 Å². The Labute approximate surface area is 218 Å². The number of phenols is 1. The van der Waals surface area contributed by atoms with Crippen LogP contribution in [-0.4, -0.2) is 40.0 Å². The van der Waals surface area contributed by atoms with E-state index in [1.54, 1.807) is 19.1 Å². The van der Waals surface area contributed by atoms with Gasteiger partial charge in [0.25, 0.3) is 0 Å². The van der Waals surface area contributed by atoms with Crippen LogP contribution >= 0.6 is 11.6 Å². The van der Waals surface area contributed by atoms with Crippen molar-refractivity contribution in [3.63, 3.8) is 0 Å². The number of rotatable bonds is 9. The van der Waals surface area contributed by atoms with Crippen molar-refractivity contribution in [3.05, 3.63) is 75.3 Å². The highest BCUT2D eigenvalue weighted by atomic mass is 35.5. The number of hydrogen-bond donors (Lipinski definition) is 4. The lowest BCUT2D eigenvalue weighted by Gasteiger charge is -2.34. The molecule has 1 aromatic heterocycles. The molecular weight excluding hydrogens is 507 g/mol. The Morgan fingerprint density at radius 1 is 1.32 bits per heavy atom. The maximum atomic E-state index is 12.5. The molecule has 1 heterocycles. The highest BCUT2D eigenvalue weighted by Gasteiger charge is 2.36. The number of aromatic nitrogens is 2. The Hall–Kier alpha value is -3.60. The number of aliphatic imine (C=N–C) groups is 2. The molecule has 0 saturated carbocycles. The highest BCUT2D eigenvalue weighted by molar-refractivity contribution is 6.32. The maximum absolute atomic E-state index is 12.5. The van der Waals surface area contributed by atoms with Crippen molar-refractivity contribution >= 4 is 23.7 Å². The van der Waals surface area contributed by atoms with Gasteiger partial charge in [-0.25, -0.2) is 9.66 Å². The molecule has 0 fully saturated rings. The fourth-order valence-electron chi connectivity index (χ4n) is 3.86. The normalized spacial score (nSPS) is 15.0. The van der Waals surface area contributed by atoms with E-state index in [-0.39, 0.29) is 46.3 Å². The van der Waals surface area contributed by atoms with Crippen LogP contribution in [0.5, 0.6) is 5.75 Å². The van der Waals surface area contributed by atoms with Gasteiger partial charge in [-0.1, -0.05) is 29.8 Å². The molecule has 0 aliphatic carbocycles. The maximum Gasteiger partial charge on any atom is 0.389 e. The number of nitrogens with two attached hydrogens (primary N) is 2. The van der Waals surface area contributed by atoms with E-state index in [9.17, 15) is 18.3 Å². The number of allylic oxidation sites excluding steroid dienone is 2. The monoisotopic (exact) mass is 537 g/mol. The van der Waals surface area contributed by atoms with Gasteiger partial charge in [0.05, 0.1) is 28.8 Å². The van der Waals surface area contributed by atoms with Crippen molar-refractivity contribution in [3.8, 4) is 5.75 Å². The van der Waals surface area contributed by atoms with Crippen LogP contribution in [-0.2, 0) is 11.8 Å². The number of aromatic hydroxyl groups is 1. The molecule has 0 aliphatic rings. The van der Waals surface area contributed by atoms with Gasteiger partial charge in [-0.05, 0) is 51.3 Å². The van der Waals surface area contributed by atoms with Gasteiger partial charge in [-0.15, -0.1) is 0 Å². The van der Waals surface area contributed by atoms with Crippen LogP contribution in [0, 0.1) is 5.41 Å². The predicted octanol–water partition coefficient (Wildman–Crippen LogP) is 4.53. The number of amidine groups is 1. The second kappa shape index (κ2) is 11.6. The molecule has 1 aromatic carbocycles. The molecule has 0 radical (unpaired) electrons. The van der Waals surface area contributed by atoms with Crippen LogP contribution in [0.3, 0.4) is 0 Å². The average Bonchev–Trinajstić information content (AvgIpc) is 2.81. The summed E-state index contributed by atoms with van der Waals surface area (Å²) in [6.45, 7) is 9.51. The smallest absolute Gasteiger partial charge is 0.389 e. The first-order valence-electron chi connectivity index (χ1n) is 11.2. The minimum absolute atomic E-state index is 0.0689. The number of phenolic OH excluding ortho intramolecular Hbond substituents is 1. The summed E-state index contributed by atoms with van der Waals surface area (Å²) in [6, 6.07) is 4.83. The molecule has 2 aromatic rings. The van der Waals surface area contributed by atoms with Gasteiger partial charge < -0.3 is 16.7 Å². The molecule has 37 heavy (non-hydrogen) atoms. The third kappa shape index (κ3) is 7.00. The number of alkyl halides is 3. The summed E-state index contributed by atoms with van der Waals surface area (Å²) in [5.41, 5.74) is 7.86. The molecule has 0 saturated heterocycles. The summed E-state index contributed by atoms with van der Waals surface area (Å²) >= 11 is 6.01. The Balaban J connectivity index is 2.59. The molecule has 1 unspecified atom stereocenters. The van der Waals surface area contributed by atoms with Gasteiger partial charge in [-0.3, -0.25) is 15.4 Å². The van der Waals surface area contributed by atoms with Crippen molar-refractivity contribution < 1.29 is 18.3 Å². The van der Waals surface area contributed by atoms with Crippen molar-refractivity contribution in [2.45, 2.75) is 51.6 Å². The molecule has 1 atom stereocenters. The summed E-state index contributed by atoms with van der Waals surface area (Å²) in [5, 5.41) is 18.4. The third-order valence-electron chi connectivity index (χ3n) is 6.07. The summed E-state index contributed by atoms with van der Waals surface area (Å²) < 4.78 is 38.6. The Morgan fingerprint density at radius 3 is 2.51 bits per heavy atom. The molecule has 12 heteroatoms. The van der Waals surface area contributed by atoms with E-state index in [0.29, 0.717) is 22.4 Å². The number of nitrogen functional groups attached to an aromatic ring is 1. The SMILES string of the molecule is C=C(C)C(C)(/C(C(N)=NC)=C(\C)N=Cc1cn(N)c(=N)c(CCCC(F)(F)F)n1)c1ccc(Cl)c(O)c1. The summed E-state index contributed by atoms with van der Waals surface area (Å²) in [5.74, 6) is 5.91. The fraction of sp³-hybridized carbons (Fsp3) is 0.360. The van der Waals surface area contributed by atoms with E-state index in [1.165, 1.54) is 25.5 Å². The van der Waals surface area contributed by atoms with Crippen molar-refractivity contribution in [2.24, 2.45) is 15.7 Å². The lowest BCUT2D eigenvalue weighted by atomic mass is 9.70. The number of nitrogens with one attached hydrogen (secondary N) is 1. The van der Waals surface area contributed by atoms with E-state index in [4.69, 9.17) is 28.6 Å². The number of hydrogen-bond acceptors (Lipinski definition) is 6. The largest absolute Gasteiger partial charge is 0.506 e. The second-order valence-electron chi connectivity index (χ2n) is 8.74. The van der Waals surface area contributed by atoms with E-state index >= 15 is 0 Å². The van der Waals surface area contributed by atoms with Crippen LogP contribution in [0.25, 0.3) is 0 Å². The van der Waals surface area contributed by atoms with Crippen LogP contribution < -0.4 is 17.1 Å². The van der Waals surface area contributed by atoms with Crippen molar-refractivity contribution in [1.82, 2.24) is 9.66 Å². The minimum atomic E-state index is -4.30. The zero-order valence-corrected chi connectivity index (χ0v) is 21.9. The van der Waals surface area contributed by atoms with E-state index < -0.39 is 18.0 Å². The number of halogens is 4. The van der Waals surface area contributed by atoms with Gasteiger partial charge >= 0.3 is 6.18 Å². The summed E-state index contributed by atoms with van der Waals surface area (Å²) in [6.07, 6.45) is -2.85. The van der Waals surface area contributed by atoms with Crippen LogP contribution in [0.4, 0.5) is 13.2 Å². The number of aryl methyl sites for hydroxylation is 1. The van der Waals surface area contributed by atoms with Crippen molar-refractivity contribution in [1.29, 1.82) is 5.41 Å². The van der Waals surface area contributed by atoms with E-state index in [2.05, 4.69) is 21.5 Å². The summed E-state index contributed by atoms with van der Waals surface area (Å²) in [4.78, 5) is 12.9. The molecule has 200 valence electrons. The summed E-state index contributed by atoms with van der Waals surface area (Å²) in [7, 11) is 1.53. The standard InChI is InChI=1S/C25H31ClF3N7O/c1-14(2)24(4,16-8-9-18(26)20(37)11-16)21(22(30)33-5)15(3)34-12-17-13-36(32)23(31)19(35-17)7-6-10-25(27,28)29/h8-9,11-13,31,37H,1,6-7,10,32H2,2-5H3,(H2,30,33)/b21-15+,31-23?,34-12?. The molecule has 0 spiro atoms. The van der Waals surface area contributed by atoms with Gasteiger partial charge in [0.15, 0.2) is 5.49 Å². The zero-order valence-electron chi connectivity index (χ0n) is 21.1. The Kier molecular flexibility index (Phi) is 9.32. The van der Waals surface area contributed by atoms with Crippen LogP contribution in [0.15, 0.2) is 57.8 Å². The van der Waals surface area contributed by atoms with E-state index in [0.717, 1.165) is 4.68 Å². The lowest BCUT2D eigenvalue weighted by molar-refractivity contribution is -0.135. The molecule has 0 aliphatic heterocycles. The molecule has 0 bridgehead atoms.